The van der Waals surface area contributed by atoms with Crippen LogP contribution in [-0.2, 0) is 43.5 Å². The van der Waals surface area contributed by atoms with Crippen LogP contribution >= 0.6 is 0 Å². The van der Waals surface area contributed by atoms with E-state index in [0.29, 0.717) is 58.1 Å². The van der Waals surface area contributed by atoms with Gasteiger partial charge in [0.2, 0.25) is 11.8 Å². The lowest BCUT2D eigenvalue weighted by Crippen LogP contribution is -2.44. The molecule has 3 unspecified atom stereocenters. The van der Waals surface area contributed by atoms with E-state index in [-0.39, 0.29) is 50.4 Å². The van der Waals surface area contributed by atoms with E-state index in [2.05, 4.69) is 16.0 Å². The predicted octanol–water partition coefficient (Wildman–Crippen LogP) is 5.55. The van der Waals surface area contributed by atoms with Gasteiger partial charge in [-0.15, -0.1) is 0 Å². The number of cyclic esters (lactones) is 1. The van der Waals surface area contributed by atoms with Gasteiger partial charge >= 0.3 is 12.1 Å². The van der Waals surface area contributed by atoms with Gasteiger partial charge in [-0.05, 0) is 73.8 Å². The van der Waals surface area contributed by atoms with Crippen molar-refractivity contribution in [1.29, 1.82) is 0 Å². The second-order valence-corrected chi connectivity index (χ2v) is 12.9. The number of amides is 3. The highest BCUT2D eigenvalue weighted by Gasteiger charge is 2.25. The molecule has 3 atom stereocenters. The number of allylic oxidation sites excluding steroid dienone is 2. The second kappa shape index (κ2) is 22.6. The van der Waals surface area contributed by atoms with E-state index in [1.54, 1.807) is 0 Å². The average Bonchev–Trinajstić information content (AvgIpc) is 3.17. The molecule has 0 aromatic heterocycles. The molecule has 0 saturated carbocycles. The smallest absolute Gasteiger partial charge is 0.407 e. The monoisotopic (exact) mass is 713 g/mol. The van der Waals surface area contributed by atoms with Crippen LogP contribution in [0, 0.1) is 5.92 Å². The van der Waals surface area contributed by atoms with E-state index < -0.39 is 24.1 Å². The van der Waals surface area contributed by atoms with Crippen LogP contribution < -0.4 is 20.7 Å². The summed E-state index contributed by atoms with van der Waals surface area (Å²) in [6.45, 7) is 0.783. The van der Waals surface area contributed by atoms with E-state index in [1.807, 2.05) is 97.1 Å². The molecular formula is C41H51N3O8. The molecule has 4 N–H and O–H groups in total. The molecule has 11 heteroatoms. The molecule has 3 aromatic carbocycles. The molecule has 4 rings (SSSR count). The Balaban J connectivity index is 1.25. The zero-order valence-electron chi connectivity index (χ0n) is 29.7. The molecule has 3 aromatic rings. The lowest BCUT2D eigenvalue weighted by molar-refractivity contribution is -0.145. The number of rotatable bonds is 16. The maximum atomic E-state index is 13.5. The Morgan fingerprint density at radius 2 is 1.60 bits per heavy atom. The minimum Gasteiger partial charge on any atom is -0.489 e. The highest BCUT2D eigenvalue weighted by Crippen LogP contribution is 2.17. The zero-order chi connectivity index (χ0) is 36.8. The molecule has 0 bridgehead atoms. The van der Waals surface area contributed by atoms with E-state index in [4.69, 9.17) is 14.2 Å². The van der Waals surface area contributed by atoms with Gasteiger partial charge in [0.05, 0.1) is 24.6 Å². The van der Waals surface area contributed by atoms with Crippen molar-refractivity contribution in [3.63, 3.8) is 0 Å². The topological polar surface area (TPSA) is 152 Å². The Bertz CT molecular complexity index is 1550. The summed E-state index contributed by atoms with van der Waals surface area (Å²) >= 11 is 0. The molecule has 1 aliphatic rings. The summed E-state index contributed by atoms with van der Waals surface area (Å²) < 4.78 is 16.6. The number of ether oxygens (including phenoxy) is 3. The van der Waals surface area contributed by atoms with Crippen LogP contribution in [0.25, 0.3) is 0 Å². The van der Waals surface area contributed by atoms with Crippen molar-refractivity contribution in [3.8, 4) is 5.75 Å². The van der Waals surface area contributed by atoms with Crippen LogP contribution in [0.15, 0.2) is 97.1 Å². The Hall–Kier alpha value is -5.16. The van der Waals surface area contributed by atoms with Crippen molar-refractivity contribution in [2.24, 2.45) is 5.92 Å². The quantitative estimate of drug-likeness (QED) is 0.0858. The average molecular weight is 714 g/mol. The van der Waals surface area contributed by atoms with Crippen LogP contribution in [0.5, 0.6) is 5.75 Å². The number of benzene rings is 3. The lowest BCUT2D eigenvalue weighted by Gasteiger charge is -2.23. The fourth-order valence-corrected chi connectivity index (χ4v) is 5.71. The van der Waals surface area contributed by atoms with Crippen LogP contribution in [0.3, 0.4) is 0 Å². The third-order valence-corrected chi connectivity index (χ3v) is 8.63. The van der Waals surface area contributed by atoms with Gasteiger partial charge in [0, 0.05) is 19.4 Å². The Kier molecular flexibility index (Phi) is 17.2. The summed E-state index contributed by atoms with van der Waals surface area (Å²) in [5.41, 5.74) is 2.89. The van der Waals surface area contributed by atoms with Crippen molar-refractivity contribution >= 4 is 23.9 Å². The summed E-state index contributed by atoms with van der Waals surface area (Å²) in [7, 11) is 0. The summed E-state index contributed by atoms with van der Waals surface area (Å²) in [5, 5.41) is 18.7. The van der Waals surface area contributed by atoms with Gasteiger partial charge in [-0.2, -0.15) is 0 Å². The Morgan fingerprint density at radius 3 is 2.31 bits per heavy atom. The number of carbonyl (C=O) groups is 4. The van der Waals surface area contributed by atoms with E-state index in [9.17, 15) is 24.3 Å². The molecule has 0 spiro atoms. The minimum atomic E-state index is -0.656. The standard InChI is InChI=1S/C41H51N3O8/c45-27-36(25-31-20-22-37(23-21-31)50-28-32-13-5-3-6-14-32)43-38(46)26-34-17-9-1-2-10-19-39(47)51-30-35(44-40(34)48)18-11-12-24-42-41(49)52-29-33-15-7-4-8-16-33/h1,3-9,13-16,20-23,34-36,45H,2,10-12,17-19,24-30H2,(H,42,49)(H,43,46)(H,44,48). The third kappa shape index (κ3) is 15.4. The van der Waals surface area contributed by atoms with E-state index in [0.717, 1.165) is 22.4 Å². The lowest BCUT2D eigenvalue weighted by atomic mass is 9.97. The maximum Gasteiger partial charge on any atom is 0.407 e. The summed E-state index contributed by atoms with van der Waals surface area (Å²) in [6, 6.07) is 25.8. The largest absolute Gasteiger partial charge is 0.489 e. The van der Waals surface area contributed by atoms with E-state index in [1.165, 1.54) is 0 Å². The normalized spacial score (nSPS) is 17.2. The van der Waals surface area contributed by atoms with Crippen molar-refractivity contribution in [1.82, 2.24) is 16.0 Å². The first-order valence-electron chi connectivity index (χ1n) is 18.1. The van der Waals surface area contributed by atoms with Crippen LogP contribution in [0.4, 0.5) is 4.79 Å². The SMILES string of the molecule is O=C(CC1CC=CCCCC(=O)OCC(CCCCNC(=O)OCc2ccccc2)NC1=O)NC(CO)Cc1ccc(OCc2ccccc2)cc1. The van der Waals surface area contributed by atoms with Gasteiger partial charge < -0.3 is 35.3 Å². The minimum absolute atomic E-state index is 0.0200. The number of esters is 1. The van der Waals surface area contributed by atoms with Crippen molar-refractivity contribution in [2.45, 2.75) is 83.1 Å². The number of carbonyl (C=O) groups excluding carboxylic acids is 4. The number of aliphatic hydroxyl groups excluding tert-OH is 1. The maximum absolute atomic E-state index is 13.5. The molecule has 1 heterocycles. The van der Waals surface area contributed by atoms with Gasteiger partial charge in [0.1, 0.15) is 25.6 Å². The fourth-order valence-electron chi connectivity index (χ4n) is 5.71. The van der Waals surface area contributed by atoms with Gasteiger partial charge in [-0.25, -0.2) is 4.79 Å². The first-order valence-corrected chi connectivity index (χ1v) is 18.1. The zero-order valence-corrected chi connectivity index (χ0v) is 29.7. The van der Waals surface area contributed by atoms with Gasteiger partial charge in [-0.3, -0.25) is 14.4 Å². The molecule has 11 nitrogen and oxygen atoms in total. The highest BCUT2D eigenvalue weighted by molar-refractivity contribution is 5.86. The number of alkyl carbamates (subject to hydrolysis) is 1. The molecule has 278 valence electrons. The summed E-state index contributed by atoms with van der Waals surface area (Å²) in [6.07, 6.45) is 7.31. The van der Waals surface area contributed by atoms with Gasteiger partial charge in [0.25, 0.3) is 0 Å². The predicted molar refractivity (Wildman–Crippen MR) is 197 cm³/mol. The van der Waals surface area contributed by atoms with Crippen LogP contribution in [0.1, 0.15) is 68.1 Å². The first-order chi connectivity index (χ1) is 25.4. The molecule has 0 saturated heterocycles. The van der Waals surface area contributed by atoms with Crippen LogP contribution in [0.2, 0.25) is 0 Å². The van der Waals surface area contributed by atoms with E-state index >= 15 is 0 Å². The highest BCUT2D eigenvalue weighted by atomic mass is 16.5. The first kappa shape index (κ1) is 39.6. The number of hydrogen-bond acceptors (Lipinski definition) is 8. The Labute approximate surface area is 306 Å². The molecule has 0 aliphatic carbocycles. The number of unbranched alkanes of at least 4 members (excludes halogenated alkanes) is 1. The number of nitrogens with one attached hydrogen (secondary N) is 3. The Morgan fingerprint density at radius 1 is 0.885 bits per heavy atom. The summed E-state index contributed by atoms with van der Waals surface area (Å²) in [5.74, 6) is -0.910. The molecule has 52 heavy (non-hydrogen) atoms. The van der Waals surface area contributed by atoms with Gasteiger partial charge in [-0.1, -0.05) is 84.9 Å². The molecule has 0 fully saturated rings. The number of aliphatic hydroxyl groups is 1. The van der Waals surface area contributed by atoms with Crippen LogP contribution in [-0.4, -0.2) is 60.8 Å². The van der Waals surface area contributed by atoms with Crippen molar-refractivity contribution in [2.75, 3.05) is 19.8 Å². The molecule has 1 aliphatic heterocycles. The molecular weight excluding hydrogens is 662 g/mol. The second-order valence-electron chi connectivity index (χ2n) is 12.9. The van der Waals surface area contributed by atoms with Gasteiger partial charge in [0.15, 0.2) is 0 Å². The summed E-state index contributed by atoms with van der Waals surface area (Å²) in [4.78, 5) is 51.1. The molecule has 3 amide bonds. The van der Waals surface area contributed by atoms with Crippen molar-refractivity contribution in [3.05, 3.63) is 114 Å². The van der Waals surface area contributed by atoms with Crippen molar-refractivity contribution < 1.29 is 38.5 Å². The molecule has 0 radical (unpaired) electrons. The fraction of sp³-hybridized carbons (Fsp3) is 0.415. The number of hydrogen-bond donors (Lipinski definition) is 4. The third-order valence-electron chi connectivity index (χ3n) is 8.63.